The van der Waals surface area contributed by atoms with E-state index >= 15 is 0 Å². The summed E-state index contributed by atoms with van der Waals surface area (Å²) < 4.78 is 0. The highest BCUT2D eigenvalue weighted by molar-refractivity contribution is 6.27. The third-order valence-corrected chi connectivity index (χ3v) is 3.80. The molecule has 0 radical (unpaired) electrons. The van der Waals surface area contributed by atoms with Crippen molar-refractivity contribution in [2.75, 3.05) is 25.0 Å². The Morgan fingerprint density at radius 3 is 2.16 bits per heavy atom. The number of rotatable bonds is 8. The van der Waals surface area contributed by atoms with Crippen LogP contribution in [0.3, 0.4) is 0 Å². The number of benzene rings is 2. The van der Waals surface area contributed by atoms with Crippen molar-refractivity contribution in [3.63, 3.8) is 0 Å². The lowest BCUT2D eigenvalue weighted by molar-refractivity contribution is -0.159. The molecular formula is C20H25N3O8. The molecule has 2 amide bonds. The lowest BCUT2D eigenvalue weighted by atomic mass is 10.1. The second kappa shape index (κ2) is 13.5. The quantitative estimate of drug-likeness (QED) is 0.215. The molecule has 0 aromatic heterocycles. The first kappa shape index (κ1) is 25.4. The normalized spacial score (nSPS) is 10.9. The van der Waals surface area contributed by atoms with Crippen LogP contribution in [0, 0.1) is 0 Å². The Bertz CT molecular complexity index is 849. The Hall–Kier alpha value is -3.67. The highest BCUT2D eigenvalue weighted by Gasteiger charge is 2.10. The van der Waals surface area contributed by atoms with Crippen LogP contribution in [0.1, 0.15) is 17.2 Å². The molecule has 0 saturated carbocycles. The SMILES string of the molecule is O=C(NCCNCC(O)c1ccc(O)c(CO)c1)Nc1ccccc1.O=C(O)C(=O)O. The number of aliphatic hydroxyl groups is 2. The summed E-state index contributed by atoms with van der Waals surface area (Å²) in [5, 5.41) is 52.0. The van der Waals surface area contributed by atoms with Crippen LogP contribution in [0.5, 0.6) is 5.75 Å². The van der Waals surface area contributed by atoms with Gasteiger partial charge in [-0.15, -0.1) is 0 Å². The van der Waals surface area contributed by atoms with Crippen LogP contribution in [-0.2, 0) is 16.2 Å². The van der Waals surface area contributed by atoms with Crippen molar-refractivity contribution in [2.45, 2.75) is 12.7 Å². The number of carbonyl (C=O) groups excluding carboxylic acids is 1. The van der Waals surface area contributed by atoms with Crippen LogP contribution in [0.15, 0.2) is 48.5 Å². The zero-order chi connectivity index (χ0) is 23.2. The molecule has 8 N–H and O–H groups in total. The van der Waals surface area contributed by atoms with Crippen molar-refractivity contribution < 1.29 is 39.9 Å². The summed E-state index contributed by atoms with van der Waals surface area (Å²) in [6, 6.07) is 13.5. The van der Waals surface area contributed by atoms with Gasteiger partial charge in [-0.3, -0.25) is 0 Å². The van der Waals surface area contributed by atoms with E-state index in [0.717, 1.165) is 5.69 Å². The molecular weight excluding hydrogens is 410 g/mol. The molecule has 0 spiro atoms. The number of hydrogen-bond acceptors (Lipinski definition) is 7. The number of nitrogens with one attached hydrogen (secondary N) is 3. The van der Waals surface area contributed by atoms with Crippen molar-refractivity contribution in [2.24, 2.45) is 0 Å². The molecule has 0 fully saturated rings. The summed E-state index contributed by atoms with van der Waals surface area (Å²) in [5.41, 5.74) is 1.69. The van der Waals surface area contributed by atoms with E-state index in [1.165, 1.54) is 6.07 Å². The van der Waals surface area contributed by atoms with E-state index in [2.05, 4.69) is 16.0 Å². The molecule has 0 saturated heterocycles. The predicted octanol–water partition coefficient (Wildman–Crippen LogP) is 0.485. The van der Waals surface area contributed by atoms with Gasteiger partial charge in [0.1, 0.15) is 5.75 Å². The molecule has 0 aliphatic rings. The van der Waals surface area contributed by atoms with Crippen LogP contribution >= 0.6 is 0 Å². The number of aliphatic carboxylic acids is 2. The zero-order valence-electron chi connectivity index (χ0n) is 16.5. The van der Waals surface area contributed by atoms with E-state index in [4.69, 9.17) is 24.9 Å². The number of carboxylic acid groups (broad SMARTS) is 2. The summed E-state index contributed by atoms with van der Waals surface area (Å²) in [4.78, 5) is 29.9. The van der Waals surface area contributed by atoms with Crippen LogP contribution < -0.4 is 16.0 Å². The molecule has 0 heterocycles. The molecule has 0 bridgehead atoms. The maximum absolute atomic E-state index is 11.7. The topological polar surface area (TPSA) is 188 Å². The monoisotopic (exact) mass is 435 g/mol. The van der Waals surface area contributed by atoms with Gasteiger partial charge in [-0.05, 0) is 29.8 Å². The zero-order valence-corrected chi connectivity index (χ0v) is 16.5. The van der Waals surface area contributed by atoms with Gasteiger partial charge in [0, 0.05) is 30.9 Å². The highest BCUT2D eigenvalue weighted by atomic mass is 16.4. The van der Waals surface area contributed by atoms with Gasteiger partial charge in [0.05, 0.1) is 12.7 Å². The average molecular weight is 435 g/mol. The van der Waals surface area contributed by atoms with Crippen molar-refractivity contribution in [3.05, 3.63) is 59.7 Å². The first-order valence-electron chi connectivity index (χ1n) is 9.12. The van der Waals surface area contributed by atoms with Gasteiger partial charge in [-0.2, -0.15) is 0 Å². The number of urea groups is 1. The van der Waals surface area contributed by atoms with Crippen LogP contribution in [0.2, 0.25) is 0 Å². The number of carboxylic acids is 2. The second-order valence-corrected chi connectivity index (χ2v) is 6.12. The predicted molar refractivity (Wildman–Crippen MR) is 111 cm³/mol. The largest absolute Gasteiger partial charge is 0.508 e. The van der Waals surface area contributed by atoms with Crippen LogP contribution in [-0.4, -0.2) is 63.1 Å². The molecule has 0 aliphatic heterocycles. The first-order chi connectivity index (χ1) is 14.7. The minimum absolute atomic E-state index is 0.0000349. The Labute approximate surface area is 178 Å². The lowest BCUT2D eigenvalue weighted by Gasteiger charge is -2.14. The molecule has 2 aromatic rings. The number of anilines is 1. The summed E-state index contributed by atoms with van der Waals surface area (Å²) in [5.74, 6) is -3.65. The van der Waals surface area contributed by atoms with Gasteiger partial charge >= 0.3 is 18.0 Å². The average Bonchev–Trinajstić information content (AvgIpc) is 2.74. The van der Waals surface area contributed by atoms with Gasteiger partial charge in [-0.1, -0.05) is 24.3 Å². The fraction of sp³-hybridized carbons (Fsp3) is 0.250. The second-order valence-electron chi connectivity index (χ2n) is 6.12. The number of hydrogen-bond donors (Lipinski definition) is 8. The Balaban J connectivity index is 0.000000703. The minimum atomic E-state index is -1.82. The van der Waals surface area contributed by atoms with Gasteiger partial charge in [-0.25, -0.2) is 14.4 Å². The van der Waals surface area contributed by atoms with Crippen molar-refractivity contribution in [3.8, 4) is 5.75 Å². The molecule has 11 nitrogen and oxygen atoms in total. The lowest BCUT2D eigenvalue weighted by Crippen LogP contribution is -2.35. The van der Waals surface area contributed by atoms with E-state index in [0.29, 0.717) is 24.2 Å². The molecule has 168 valence electrons. The Morgan fingerprint density at radius 2 is 1.58 bits per heavy atom. The van der Waals surface area contributed by atoms with Crippen LogP contribution in [0.25, 0.3) is 0 Å². The Morgan fingerprint density at radius 1 is 0.935 bits per heavy atom. The third kappa shape index (κ3) is 10.1. The fourth-order valence-corrected chi connectivity index (χ4v) is 2.26. The van der Waals surface area contributed by atoms with Crippen molar-refractivity contribution in [1.29, 1.82) is 0 Å². The first-order valence-corrected chi connectivity index (χ1v) is 9.12. The molecule has 2 rings (SSSR count). The van der Waals surface area contributed by atoms with Gasteiger partial charge in [0.25, 0.3) is 0 Å². The van der Waals surface area contributed by atoms with Gasteiger partial charge < -0.3 is 41.5 Å². The van der Waals surface area contributed by atoms with Crippen molar-refractivity contribution >= 4 is 23.7 Å². The molecule has 2 aromatic carbocycles. The van der Waals surface area contributed by atoms with Crippen molar-refractivity contribution in [1.82, 2.24) is 10.6 Å². The summed E-state index contributed by atoms with van der Waals surface area (Å²) >= 11 is 0. The smallest absolute Gasteiger partial charge is 0.414 e. The number of aliphatic hydroxyl groups excluding tert-OH is 2. The van der Waals surface area contributed by atoms with Gasteiger partial charge in [0.2, 0.25) is 0 Å². The standard InChI is InChI=1S/C18H23N3O4.C2H2O4/c22-12-14-10-13(6-7-16(14)23)17(24)11-19-8-9-20-18(25)21-15-4-2-1-3-5-15;3-1(4)2(5)6/h1-7,10,17,19,22-24H,8-9,11-12H2,(H2,20,21,25);(H,3,4)(H,5,6). The fourth-order valence-electron chi connectivity index (χ4n) is 2.26. The van der Waals surface area contributed by atoms with E-state index in [-0.39, 0.29) is 24.9 Å². The maximum Gasteiger partial charge on any atom is 0.414 e. The van der Waals surface area contributed by atoms with Crippen LogP contribution in [0.4, 0.5) is 10.5 Å². The van der Waals surface area contributed by atoms with E-state index in [9.17, 15) is 15.0 Å². The number of aromatic hydroxyl groups is 1. The highest BCUT2D eigenvalue weighted by Crippen LogP contribution is 2.22. The number of amides is 2. The molecule has 31 heavy (non-hydrogen) atoms. The third-order valence-electron chi connectivity index (χ3n) is 3.80. The summed E-state index contributed by atoms with van der Waals surface area (Å²) in [6.07, 6.45) is -0.774. The summed E-state index contributed by atoms with van der Waals surface area (Å²) in [7, 11) is 0. The number of para-hydroxylation sites is 1. The number of phenols is 1. The minimum Gasteiger partial charge on any atom is -0.508 e. The van der Waals surface area contributed by atoms with E-state index in [1.807, 2.05) is 18.2 Å². The van der Waals surface area contributed by atoms with Gasteiger partial charge in [0.15, 0.2) is 0 Å². The molecule has 1 atom stereocenters. The maximum atomic E-state index is 11.7. The summed E-state index contributed by atoms with van der Waals surface area (Å²) in [6.45, 7) is 0.894. The Kier molecular flexibility index (Phi) is 11.1. The molecule has 1 unspecified atom stereocenters. The molecule has 0 aliphatic carbocycles. The van der Waals surface area contributed by atoms with E-state index in [1.54, 1.807) is 24.3 Å². The number of carbonyl (C=O) groups is 3. The molecule has 11 heteroatoms. The van der Waals surface area contributed by atoms with E-state index < -0.39 is 18.0 Å².